The lowest BCUT2D eigenvalue weighted by molar-refractivity contribution is 0.598. The molecule has 0 aliphatic rings. The maximum atomic E-state index is 12.4. The minimum atomic E-state index is -3.68. The van der Waals surface area contributed by atoms with Gasteiger partial charge in [0.05, 0.1) is 17.1 Å². The van der Waals surface area contributed by atoms with E-state index >= 15 is 0 Å². The lowest BCUT2D eigenvalue weighted by Crippen LogP contribution is -2.17. The van der Waals surface area contributed by atoms with Crippen LogP contribution in [-0.2, 0) is 16.6 Å². The van der Waals surface area contributed by atoms with E-state index in [1.165, 1.54) is 11.3 Å². The number of nitrogens with zero attached hydrogens (tertiary/aromatic N) is 2. The Labute approximate surface area is 115 Å². The van der Waals surface area contributed by atoms with Crippen LogP contribution >= 0.6 is 11.3 Å². The van der Waals surface area contributed by atoms with Gasteiger partial charge in [-0.25, -0.2) is 13.4 Å². The molecule has 0 fully saturated rings. The van der Waals surface area contributed by atoms with Crippen LogP contribution in [0.25, 0.3) is 0 Å². The van der Waals surface area contributed by atoms with E-state index in [1.54, 1.807) is 19.4 Å². The molecule has 0 bridgehead atoms. The summed E-state index contributed by atoms with van der Waals surface area (Å²) in [6, 6.07) is 0. The molecule has 0 spiro atoms. The Kier molecular flexibility index (Phi) is 3.88. The van der Waals surface area contributed by atoms with Gasteiger partial charge in [-0.05, 0) is 20.9 Å². The van der Waals surface area contributed by atoms with Gasteiger partial charge in [0.25, 0.3) is 10.0 Å². The first-order valence-electron chi connectivity index (χ1n) is 5.57. The summed E-state index contributed by atoms with van der Waals surface area (Å²) in [5, 5.41) is 11.7. The second-order valence-electron chi connectivity index (χ2n) is 4.05. The third-order valence-electron chi connectivity index (χ3n) is 2.41. The molecule has 0 aliphatic heterocycles. The zero-order chi connectivity index (χ0) is 14.0. The van der Waals surface area contributed by atoms with Crippen LogP contribution in [0.3, 0.4) is 0 Å². The van der Waals surface area contributed by atoms with Gasteiger partial charge in [0.1, 0.15) is 4.90 Å². The average molecular weight is 301 g/mol. The fourth-order valence-electron chi connectivity index (χ4n) is 1.68. The number of H-pyrrole nitrogens is 1. The SMILES string of the molecule is CNCc1n[nH]c(C)c1S(=O)(=O)Nc1nc(C)cs1. The summed E-state index contributed by atoms with van der Waals surface area (Å²) in [7, 11) is -1.94. The van der Waals surface area contributed by atoms with E-state index in [2.05, 4.69) is 25.2 Å². The minimum Gasteiger partial charge on any atom is -0.314 e. The molecule has 2 rings (SSSR count). The van der Waals surface area contributed by atoms with Crippen molar-refractivity contribution in [1.82, 2.24) is 20.5 Å². The van der Waals surface area contributed by atoms with Crippen LogP contribution in [-0.4, -0.2) is 30.6 Å². The quantitative estimate of drug-likeness (QED) is 0.765. The van der Waals surface area contributed by atoms with Gasteiger partial charge in [-0.15, -0.1) is 11.3 Å². The van der Waals surface area contributed by atoms with Gasteiger partial charge in [0.15, 0.2) is 5.13 Å². The molecule has 3 N–H and O–H groups in total. The monoisotopic (exact) mass is 301 g/mol. The number of rotatable bonds is 5. The van der Waals surface area contributed by atoms with Crippen molar-refractivity contribution in [3.05, 3.63) is 22.5 Å². The molecular weight excluding hydrogens is 286 g/mol. The summed E-state index contributed by atoms with van der Waals surface area (Å²) in [5.41, 5.74) is 1.74. The van der Waals surface area contributed by atoms with Crippen molar-refractivity contribution in [1.29, 1.82) is 0 Å². The van der Waals surface area contributed by atoms with Crippen LogP contribution in [0.1, 0.15) is 17.1 Å². The molecule has 19 heavy (non-hydrogen) atoms. The van der Waals surface area contributed by atoms with Crippen LogP contribution < -0.4 is 10.0 Å². The van der Waals surface area contributed by atoms with E-state index in [1.807, 2.05) is 6.92 Å². The van der Waals surface area contributed by atoms with Crippen molar-refractivity contribution in [2.24, 2.45) is 0 Å². The number of hydrogen-bond donors (Lipinski definition) is 3. The zero-order valence-electron chi connectivity index (χ0n) is 10.8. The number of hydrogen-bond acceptors (Lipinski definition) is 6. The largest absolute Gasteiger partial charge is 0.314 e. The lowest BCUT2D eigenvalue weighted by atomic mass is 10.4. The van der Waals surface area contributed by atoms with E-state index in [9.17, 15) is 8.42 Å². The van der Waals surface area contributed by atoms with E-state index in [0.29, 0.717) is 23.1 Å². The normalized spacial score (nSPS) is 11.7. The number of thiazole rings is 1. The molecule has 104 valence electrons. The fourth-order valence-corrected chi connectivity index (χ4v) is 3.99. The highest BCUT2D eigenvalue weighted by atomic mass is 32.2. The van der Waals surface area contributed by atoms with E-state index in [4.69, 9.17) is 0 Å². The Morgan fingerprint density at radius 1 is 1.42 bits per heavy atom. The summed E-state index contributed by atoms with van der Waals surface area (Å²) >= 11 is 1.25. The number of aromatic nitrogens is 3. The van der Waals surface area contributed by atoms with Crippen molar-refractivity contribution in [3.8, 4) is 0 Å². The lowest BCUT2D eigenvalue weighted by Gasteiger charge is -2.06. The molecule has 0 saturated heterocycles. The van der Waals surface area contributed by atoms with Crippen molar-refractivity contribution in [3.63, 3.8) is 0 Å². The van der Waals surface area contributed by atoms with Gasteiger partial charge >= 0.3 is 0 Å². The van der Waals surface area contributed by atoms with Gasteiger partial charge in [0.2, 0.25) is 0 Å². The second-order valence-corrected chi connectivity index (χ2v) is 6.53. The molecule has 0 atom stereocenters. The topological polar surface area (TPSA) is 99.8 Å². The average Bonchev–Trinajstić information content (AvgIpc) is 2.86. The maximum Gasteiger partial charge on any atom is 0.267 e. The van der Waals surface area contributed by atoms with Crippen LogP contribution in [0.5, 0.6) is 0 Å². The summed E-state index contributed by atoms with van der Waals surface area (Å²) < 4.78 is 27.2. The van der Waals surface area contributed by atoms with Crippen molar-refractivity contribution in [2.45, 2.75) is 25.3 Å². The highest BCUT2D eigenvalue weighted by molar-refractivity contribution is 7.93. The predicted octanol–water partition coefficient (Wildman–Crippen LogP) is 1.00. The van der Waals surface area contributed by atoms with Crippen molar-refractivity contribution < 1.29 is 8.42 Å². The van der Waals surface area contributed by atoms with E-state index in [0.717, 1.165) is 5.69 Å². The first-order valence-corrected chi connectivity index (χ1v) is 7.93. The Hall–Kier alpha value is -1.45. The van der Waals surface area contributed by atoms with Crippen LogP contribution in [0.4, 0.5) is 5.13 Å². The highest BCUT2D eigenvalue weighted by Gasteiger charge is 2.24. The molecule has 0 saturated carbocycles. The number of aromatic amines is 1. The maximum absolute atomic E-state index is 12.4. The summed E-state index contributed by atoms with van der Waals surface area (Å²) in [4.78, 5) is 4.27. The summed E-state index contributed by atoms with van der Waals surface area (Å²) in [6.07, 6.45) is 0. The Morgan fingerprint density at radius 2 is 2.16 bits per heavy atom. The van der Waals surface area contributed by atoms with Gasteiger partial charge in [-0.1, -0.05) is 0 Å². The smallest absolute Gasteiger partial charge is 0.267 e. The molecule has 0 radical (unpaired) electrons. The summed E-state index contributed by atoms with van der Waals surface area (Å²) in [6.45, 7) is 3.86. The molecule has 2 heterocycles. The molecule has 2 aromatic rings. The van der Waals surface area contributed by atoms with E-state index in [-0.39, 0.29) is 4.90 Å². The van der Waals surface area contributed by atoms with Crippen LogP contribution in [0.2, 0.25) is 0 Å². The molecule has 0 unspecified atom stereocenters. The second kappa shape index (κ2) is 5.27. The van der Waals surface area contributed by atoms with Crippen molar-refractivity contribution >= 4 is 26.5 Å². The Morgan fingerprint density at radius 3 is 2.74 bits per heavy atom. The number of nitrogens with one attached hydrogen (secondary N) is 3. The third kappa shape index (κ3) is 2.94. The van der Waals surface area contributed by atoms with Gasteiger partial charge < -0.3 is 5.32 Å². The molecule has 0 aliphatic carbocycles. The van der Waals surface area contributed by atoms with Gasteiger partial charge in [-0.2, -0.15) is 5.10 Å². The van der Waals surface area contributed by atoms with Crippen molar-refractivity contribution in [2.75, 3.05) is 11.8 Å². The van der Waals surface area contributed by atoms with Crippen LogP contribution in [0, 0.1) is 13.8 Å². The molecule has 0 amide bonds. The minimum absolute atomic E-state index is 0.176. The molecule has 7 nitrogen and oxygen atoms in total. The molecule has 9 heteroatoms. The van der Waals surface area contributed by atoms with Gasteiger partial charge in [-0.3, -0.25) is 9.82 Å². The summed E-state index contributed by atoms with van der Waals surface area (Å²) in [5.74, 6) is 0. The number of anilines is 1. The fraction of sp³-hybridized carbons (Fsp3) is 0.400. The predicted molar refractivity (Wildman–Crippen MR) is 73.7 cm³/mol. The number of aryl methyl sites for hydroxylation is 2. The number of sulfonamides is 1. The third-order valence-corrected chi connectivity index (χ3v) is 4.96. The van der Waals surface area contributed by atoms with E-state index < -0.39 is 10.0 Å². The molecular formula is C10H15N5O2S2. The van der Waals surface area contributed by atoms with Crippen LogP contribution in [0.15, 0.2) is 10.3 Å². The first-order chi connectivity index (χ1) is 8.94. The zero-order valence-corrected chi connectivity index (χ0v) is 12.4. The van der Waals surface area contributed by atoms with Gasteiger partial charge in [0, 0.05) is 11.9 Å². The standard InChI is InChI=1S/C10H15N5O2S2/c1-6-5-18-10(12-6)15-19(16,17)9-7(2)13-14-8(9)4-11-3/h5,11H,4H2,1-3H3,(H,12,15)(H,13,14). The highest BCUT2D eigenvalue weighted by Crippen LogP contribution is 2.23. The Bertz CT molecular complexity index is 674. The molecule has 0 aromatic carbocycles. The molecule has 2 aromatic heterocycles. The Balaban J connectivity index is 2.36. The first kappa shape index (κ1) is 14.0.